The maximum Gasteiger partial charge on any atom is 0.129 e. The Morgan fingerprint density at radius 2 is 2.40 bits per heavy atom. The van der Waals surface area contributed by atoms with Crippen LogP contribution in [0.25, 0.3) is 0 Å². The number of aromatic nitrogens is 1. The lowest BCUT2D eigenvalue weighted by Gasteiger charge is -2.16. The largest absolute Gasteiger partial charge is 0.355 e. The summed E-state index contributed by atoms with van der Waals surface area (Å²) in [5, 5.41) is 8.79. The van der Waals surface area contributed by atoms with Crippen LogP contribution >= 0.6 is 0 Å². The molecule has 0 aliphatic carbocycles. The van der Waals surface area contributed by atoms with Crippen molar-refractivity contribution in [3.63, 3.8) is 0 Å². The first kappa shape index (κ1) is 9.94. The quantitative estimate of drug-likeness (QED) is 0.729. The second-order valence-electron chi connectivity index (χ2n) is 4.06. The van der Waals surface area contributed by atoms with E-state index >= 15 is 0 Å². The van der Waals surface area contributed by atoms with Crippen LogP contribution in [0.4, 0.5) is 5.82 Å². The van der Waals surface area contributed by atoms with E-state index in [1.54, 1.807) is 12.3 Å². The molecule has 78 valence electrons. The van der Waals surface area contributed by atoms with E-state index in [9.17, 15) is 0 Å². The second kappa shape index (κ2) is 3.87. The van der Waals surface area contributed by atoms with Gasteiger partial charge in [-0.15, -0.1) is 0 Å². The van der Waals surface area contributed by atoms with Crippen LogP contribution < -0.4 is 10.6 Å². The fourth-order valence-corrected chi connectivity index (χ4v) is 1.84. The lowest BCUT2D eigenvalue weighted by atomic mass is 10.1. The minimum Gasteiger partial charge on any atom is -0.355 e. The summed E-state index contributed by atoms with van der Waals surface area (Å²) in [6, 6.07) is 5.84. The Labute approximate surface area is 89.3 Å². The molecule has 1 saturated heterocycles. The number of hydrogen-bond donors (Lipinski definition) is 1. The molecule has 1 aromatic heterocycles. The highest BCUT2D eigenvalue weighted by Gasteiger charge is 2.27. The minimum absolute atomic E-state index is 0.206. The summed E-state index contributed by atoms with van der Waals surface area (Å²) in [7, 11) is 0. The van der Waals surface area contributed by atoms with E-state index in [0.29, 0.717) is 11.5 Å². The van der Waals surface area contributed by atoms with Crippen LogP contribution in [0, 0.1) is 17.2 Å². The molecule has 4 nitrogen and oxygen atoms in total. The smallest absolute Gasteiger partial charge is 0.129 e. The van der Waals surface area contributed by atoms with Crippen LogP contribution in [0.1, 0.15) is 12.5 Å². The Hall–Kier alpha value is -1.60. The van der Waals surface area contributed by atoms with Crippen molar-refractivity contribution < 1.29 is 0 Å². The lowest BCUT2D eigenvalue weighted by molar-refractivity contribution is 0.566. The van der Waals surface area contributed by atoms with E-state index in [-0.39, 0.29) is 6.04 Å². The molecule has 2 heterocycles. The van der Waals surface area contributed by atoms with Crippen molar-refractivity contribution in [1.82, 2.24) is 4.98 Å². The van der Waals surface area contributed by atoms with Gasteiger partial charge < -0.3 is 10.6 Å². The number of anilines is 1. The van der Waals surface area contributed by atoms with Crippen molar-refractivity contribution in [2.24, 2.45) is 11.7 Å². The van der Waals surface area contributed by atoms with Gasteiger partial charge in [0.1, 0.15) is 5.82 Å². The molecular formula is C11H14N4. The van der Waals surface area contributed by atoms with Gasteiger partial charge in [0.2, 0.25) is 0 Å². The molecule has 2 atom stereocenters. The Morgan fingerprint density at radius 1 is 1.60 bits per heavy atom. The van der Waals surface area contributed by atoms with Gasteiger partial charge in [-0.3, -0.25) is 0 Å². The number of hydrogen-bond acceptors (Lipinski definition) is 4. The van der Waals surface area contributed by atoms with Gasteiger partial charge in [-0.1, -0.05) is 6.92 Å². The van der Waals surface area contributed by atoms with Gasteiger partial charge >= 0.3 is 0 Å². The highest BCUT2D eigenvalue weighted by Crippen LogP contribution is 2.21. The number of nitrogens with zero attached hydrogens (tertiary/aromatic N) is 3. The molecule has 1 aromatic rings. The zero-order chi connectivity index (χ0) is 10.8. The summed E-state index contributed by atoms with van der Waals surface area (Å²) in [4.78, 5) is 6.39. The van der Waals surface area contributed by atoms with Crippen LogP contribution in [0.5, 0.6) is 0 Å². The first-order chi connectivity index (χ1) is 7.20. The molecule has 4 heteroatoms. The monoisotopic (exact) mass is 202 g/mol. The zero-order valence-electron chi connectivity index (χ0n) is 8.72. The Kier molecular flexibility index (Phi) is 2.57. The van der Waals surface area contributed by atoms with Crippen LogP contribution in [-0.4, -0.2) is 24.1 Å². The van der Waals surface area contributed by atoms with Gasteiger partial charge in [0.15, 0.2) is 0 Å². The molecule has 2 rings (SSSR count). The first-order valence-corrected chi connectivity index (χ1v) is 5.07. The predicted octanol–water partition coefficient (Wildman–Crippen LogP) is 0.737. The SMILES string of the molecule is CC1CN(c2cc(C#N)ccn2)CC1N. The van der Waals surface area contributed by atoms with Gasteiger partial charge in [0, 0.05) is 25.3 Å². The molecule has 2 unspecified atom stereocenters. The van der Waals surface area contributed by atoms with E-state index in [4.69, 9.17) is 11.0 Å². The van der Waals surface area contributed by atoms with Crippen molar-refractivity contribution in [3.05, 3.63) is 23.9 Å². The third-order valence-corrected chi connectivity index (χ3v) is 2.87. The van der Waals surface area contributed by atoms with Crippen molar-refractivity contribution in [2.75, 3.05) is 18.0 Å². The summed E-state index contributed by atoms with van der Waals surface area (Å²) in [6.45, 7) is 3.88. The standard InChI is InChI=1S/C11H14N4/c1-8-6-15(7-10(8)13)11-4-9(5-12)2-3-14-11/h2-4,8,10H,6-7,13H2,1H3. The van der Waals surface area contributed by atoms with Crippen molar-refractivity contribution in [3.8, 4) is 6.07 Å². The number of rotatable bonds is 1. The zero-order valence-corrected chi connectivity index (χ0v) is 8.72. The molecule has 0 amide bonds. The first-order valence-electron chi connectivity index (χ1n) is 5.07. The molecule has 0 radical (unpaired) electrons. The fourth-order valence-electron chi connectivity index (χ4n) is 1.84. The molecular weight excluding hydrogens is 188 g/mol. The molecule has 0 bridgehead atoms. The van der Waals surface area contributed by atoms with Crippen LogP contribution in [0.3, 0.4) is 0 Å². The van der Waals surface area contributed by atoms with E-state index in [2.05, 4.69) is 22.9 Å². The molecule has 15 heavy (non-hydrogen) atoms. The third kappa shape index (κ3) is 1.92. The maximum absolute atomic E-state index is 8.79. The van der Waals surface area contributed by atoms with Crippen molar-refractivity contribution in [1.29, 1.82) is 5.26 Å². The predicted molar refractivity (Wildman–Crippen MR) is 58.3 cm³/mol. The van der Waals surface area contributed by atoms with Gasteiger partial charge in [0.05, 0.1) is 11.6 Å². The van der Waals surface area contributed by atoms with E-state index in [1.807, 2.05) is 6.07 Å². The van der Waals surface area contributed by atoms with Crippen molar-refractivity contribution >= 4 is 5.82 Å². The topological polar surface area (TPSA) is 65.9 Å². The highest BCUT2D eigenvalue weighted by atomic mass is 15.2. The number of pyridine rings is 1. The van der Waals surface area contributed by atoms with Gasteiger partial charge in [-0.25, -0.2) is 4.98 Å². The molecule has 1 aliphatic rings. The van der Waals surface area contributed by atoms with E-state index in [0.717, 1.165) is 18.9 Å². The minimum atomic E-state index is 0.206. The summed E-state index contributed by atoms with van der Waals surface area (Å²) in [5.41, 5.74) is 6.59. The average molecular weight is 202 g/mol. The Bertz CT molecular complexity index is 386. The highest BCUT2D eigenvalue weighted by molar-refractivity contribution is 5.46. The van der Waals surface area contributed by atoms with Crippen LogP contribution in [0.15, 0.2) is 18.3 Å². The summed E-state index contributed by atoms with van der Waals surface area (Å²) >= 11 is 0. The van der Waals surface area contributed by atoms with Crippen LogP contribution in [0.2, 0.25) is 0 Å². The maximum atomic E-state index is 8.79. The summed E-state index contributed by atoms with van der Waals surface area (Å²) in [6.07, 6.45) is 1.67. The molecule has 0 spiro atoms. The molecule has 0 aromatic carbocycles. The summed E-state index contributed by atoms with van der Waals surface area (Å²) < 4.78 is 0. The second-order valence-corrected chi connectivity index (χ2v) is 4.06. The van der Waals surface area contributed by atoms with Crippen LogP contribution in [-0.2, 0) is 0 Å². The fraction of sp³-hybridized carbons (Fsp3) is 0.455. The van der Waals surface area contributed by atoms with E-state index in [1.165, 1.54) is 0 Å². The van der Waals surface area contributed by atoms with Gasteiger partial charge in [-0.05, 0) is 18.1 Å². The van der Waals surface area contributed by atoms with Gasteiger partial charge in [-0.2, -0.15) is 5.26 Å². The van der Waals surface area contributed by atoms with Gasteiger partial charge in [0.25, 0.3) is 0 Å². The molecule has 1 fully saturated rings. The van der Waals surface area contributed by atoms with Crippen molar-refractivity contribution in [2.45, 2.75) is 13.0 Å². The average Bonchev–Trinajstić information content (AvgIpc) is 2.59. The third-order valence-electron chi connectivity index (χ3n) is 2.87. The molecule has 0 saturated carbocycles. The Balaban J connectivity index is 2.21. The molecule has 2 N–H and O–H groups in total. The lowest BCUT2D eigenvalue weighted by Crippen LogP contribution is -2.28. The Morgan fingerprint density at radius 3 is 3.00 bits per heavy atom. The normalized spacial score (nSPS) is 25.3. The summed E-state index contributed by atoms with van der Waals surface area (Å²) in [5.74, 6) is 1.34. The molecule has 1 aliphatic heterocycles. The number of nitriles is 1. The number of nitrogens with two attached hydrogens (primary N) is 1. The van der Waals surface area contributed by atoms with E-state index < -0.39 is 0 Å².